The summed E-state index contributed by atoms with van der Waals surface area (Å²) in [6, 6.07) is 8.41. The third-order valence-electron chi connectivity index (χ3n) is 4.93. The van der Waals surface area contributed by atoms with Gasteiger partial charge in [-0.25, -0.2) is 0 Å². The first kappa shape index (κ1) is 20.3. The van der Waals surface area contributed by atoms with Gasteiger partial charge in [-0.15, -0.1) is 10.2 Å². The van der Waals surface area contributed by atoms with Crippen molar-refractivity contribution in [1.29, 1.82) is 0 Å². The molecule has 2 aromatic heterocycles. The van der Waals surface area contributed by atoms with Crippen LogP contribution in [-0.4, -0.2) is 31.9 Å². The van der Waals surface area contributed by atoms with Gasteiger partial charge in [-0.05, 0) is 43.7 Å². The third kappa shape index (κ3) is 3.41. The SMILES string of the molecule is CC1(C)C(=O)N(Cc2ccc(-c3nnc(C(F)F)o3)cn2)C(=O)c2cc(Br)ccc21. The molecular weight excluding hydrogens is 462 g/mol. The van der Waals surface area contributed by atoms with E-state index >= 15 is 0 Å². The van der Waals surface area contributed by atoms with Gasteiger partial charge in [-0.2, -0.15) is 8.78 Å². The molecule has 30 heavy (non-hydrogen) atoms. The Morgan fingerprint density at radius 1 is 1.17 bits per heavy atom. The van der Waals surface area contributed by atoms with E-state index in [2.05, 4.69) is 31.1 Å². The first-order valence-corrected chi connectivity index (χ1v) is 9.71. The standard InChI is InChI=1S/C20H15BrF2N4O3/c1-20(2)14-6-4-11(21)7-13(14)18(28)27(19(20)29)9-12-5-3-10(8-24-12)16-25-26-17(30-16)15(22)23/h3-8,15H,9H2,1-2H3. The zero-order valence-electron chi connectivity index (χ0n) is 15.9. The number of imide groups is 1. The van der Waals surface area contributed by atoms with Crippen molar-refractivity contribution in [2.45, 2.75) is 32.2 Å². The van der Waals surface area contributed by atoms with Gasteiger partial charge in [0.1, 0.15) is 0 Å². The average Bonchev–Trinajstić information content (AvgIpc) is 3.21. The van der Waals surface area contributed by atoms with Crippen LogP contribution in [0.3, 0.4) is 0 Å². The number of hydrogen-bond donors (Lipinski definition) is 0. The van der Waals surface area contributed by atoms with Crippen LogP contribution in [0.4, 0.5) is 8.78 Å². The lowest BCUT2D eigenvalue weighted by Crippen LogP contribution is -2.51. The van der Waals surface area contributed by atoms with Crippen LogP contribution in [0, 0.1) is 0 Å². The topological polar surface area (TPSA) is 89.2 Å². The van der Waals surface area contributed by atoms with Crippen LogP contribution in [0.2, 0.25) is 0 Å². The summed E-state index contributed by atoms with van der Waals surface area (Å²) < 4.78 is 30.8. The second-order valence-electron chi connectivity index (χ2n) is 7.30. The first-order valence-electron chi connectivity index (χ1n) is 8.91. The fourth-order valence-electron chi connectivity index (χ4n) is 3.32. The molecule has 1 aliphatic heterocycles. The van der Waals surface area contributed by atoms with Crippen molar-refractivity contribution in [2.75, 3.05) is 0 Å². The van der Waals surface area contributed by atoms with Crippen LogP contribution in [0.15, 0.2) is 45.4 Å². The molecule has 0 spiro atoms. The van der Waals surface area contributed by atoms with E-state index in [1.807, 2.05) is 0 Å². The van der Waals surface area contributed by atoms with E-state index in [1.54, 1.807) is 44.2 Å². The van der Waals surface area contributed by atoms with Crippen LogP contribution in [0.1, 0.15) is 47.8 Å². The molecule has 0 unspecified atom stereocenters. The molecule has 0 atom stereocenters. The van der Waals surface area contributed by atoms with Gasteiger partial charge in [-0.1, -0.05) is 22.0 Å². The summed E-state index contributed by atoms with van der Waals surface area (Å²) in [5, 5.41) is 6.85. The van der Waals surface area contributed by atoms with Gasteiger partial charge in [0.25, 0.3) is 11.8 Å². The van der Waals surface area contributed by atoms with Gasteiger partial charge in [0.05, 0.1) is 23.2 Å². The Bertz CT molecular complexity index is 1150. The minimum absolute atomic E-state index is 0.0283. The molecule has 0 fully saturated rings. The van der Waals surface area contributed by atoms with E-state index in [0.717, 1.165) is 4.47 Å². The van der Waals surface area contributed by atoms with Crippen LogP contribution in [0.25, 0.3) is 11.5 Å². The van der Waals surface area contributed by atoms with Crippen molar-refractivity contribution in [3.8, 4) is 11.5 Å². The predicted molar refractivity (Wildman–Crippen MR) is 105 cm³/mol. The average molecular weight is 477 g/mol. The Morgan fingerprint density at radius 2 is 1.93 bits per heavy atom. The number of fused-ring (bicyclic) bond motifs is 1. The molecule has 154 valence electrons. The summed E-state index contributed by atoms with van der Waals surface area (Å²) in [4.78, 5) is 31.4. The van der Waals surface area contributed by atoms with Gasteiger partial charge in [0, 0.05) is 16.2 Å². The first-order chi connectivity index (χ1) is 14.2. The molecule has 1 aromatic carbocycles. The molecule has 1 aliphatic rings. The van der Waals surface area contributed by atoms with Crippen molar-refractivity contribution in [2.24, 2.45) is 0 Å². The zero-order valence-corrected chi connectivity index (χ0v) is 17.5. The number of benzene rings is 1. The van der Waals surface area contributed by atoms with E-state index < -0.39 is 23.6 Å². The molecule has 0 N–H and O–H groups in total. The lowest BCUT2D eigenvalue weighted by Gasteiger charge is -2.37. The van der Waals surface area contributed by atoms with Crippen molar-refractivity contribution in [1.82, 2.24) is 20.1 Å². The molecular formula is C20H15BrF2N4O3. The van der Waals surface area contributed by atoms with Gasteiger partial charge in [-0.3, -0.25) is 19.5 Å². The molecule has 4 rings (SSSR count). The fourth-order valence-corrected chi connectivity index (χ4v) is 3.68. The Balaban J connectivity index is 1.60. The number of rotatable bonds is 4. The number of aromatic nitrogens is 3. The fraction of sp³-hybridized carbons (Fsp3) is 0.250. The Hall–Kier alpha value is -3.01. The number of carbonyl (C=O) groups is 2. The summed E-state index contributed by atoms with van der Waals surface area (Å²) in [6.07, 6.45) is -1.49. The van der Waals surface area contributed by atoms with E-state index in [4.69, 9.17) is 4.42 Å². The molecule has 3 aromatic rings. The number of alkyl halides is 2. The third-order valence-corrected chi connectivity index (χ3v) is 5.42. The van der Waals surface area contributed by atoms with Gasteiger partial charge < -0.3 is 4.42 Å². The molecule has 0 saturated heterocycles. The maximum atomic E-state index is 13.0. The maximum Gasteiger partial charge on any atom is 0.314 e. The zero-order chi connectivity index (χ0) is 21.6. The van der Waals surface area contributed by atoms with Crippen LogP contribution in [-0.2, 0) is 16.8 Å². The molecule has 0 aliphatic carbocycles. The number of carbonyl (C=O) groups excluding carboxylic acids is 2. The molecule has 0 saturated carbocycles. The number of hydrogen-bond acceptors (Lipinski definition) is 6. The Labute approximate surface area is 178 Å². The van der Waals surface area contributed by atoms with Crippen molar-refractivity contribution in [3.63, 3.8) is 0 Å². The van der Waals surface area contributed by atoms with Gasteiger partial charge in [0.15, 0.2) is 0 Å². The summed E-state index contributed by atoms with van der Waals surface area (Å²) in [5.74, 6) is -1.59. The quantitative estimate of drug-likeness (QED) is 0.521. The maximum absolute atomic E-state index is 13.0. The highest BCUT2D eigenvalue weighted by Gasteiger charge is 2.44. The van der Waals surface area contributed by atoms with Gasteiger partial charge in [0.2, 0.25) is 11.8 Å². The molecule has 3 heterocycles. The summed E-state index contributed by atoms with van der Waals surface area (Å²) in [5.41, 5.74) is 1.05. The van der Waals surface area contributed by atoms with E-state index in [1.165, 1.54) is 11.1 Å². The Morgan fingerprint density at radius 3 is 2.57 bits per heavy atom. The largest absolute Gasteiger partial charge is 0.415 e. The highest BCUT2D eigenvalue weighted by Crippen LogP contribution is 2.36. The number of pyridine rings is 1. The second-order valence-corrected chi connectivity index (χ2v) is 8.21. The number of halogens is 3. The molecule has 0 radical (unpaired) electrons. The Kier molecular flexibility index (Phi) is 4.97. The summed E-state index contributed by atoms with van der Waals surface area (Å²) >= 11 is 3.36. The van der Waals surface area contributed by atoms with Gasteiger partial charge >= 0.3 is 6.43 Å². The minimum Gasteiger partial charge on any atom is -0.415 e. The smallest absolute Gasteiger partial charge is 0.314 e. The second kappa shape index (κ2) is 7.35. The number of amides is 2. The molecule has 2 amide bonds. The molecule has 7 nitrogen and oxygen atoms in total. The normalized spacial score (nSPS) is 15.6. The lowest BCUT2D eigenvalue weighted by molar-refractivity contribution is -0.134. The highest BCUT2D eigenvalue weighted by atomic mass is 79.9. The van der Waals surface area contributed by atoms with Crippen LogP contribution >= 0.6 is 15.9 Å². The molecule has 10 heteroatoms. The highest BCUT2D eigenvalue weighted by molar-refractivity contribution is 9.10. The molecule has 0 bridgehead atoms. The van der Waals surface area contributed by atoms with Crippen molar-refractivity contribution in [3.05, 3.63) is 63.7 Å². The minimum atomic E-state index is -2.86. The number of nitrogens with zero attached hydrogens (tertiary/aromatic N) is 4. The monoisotopic (exact) mass is 476 g/mol. The summed E-state index contributed by atoms with van der Waals surface area (Å²) in [6.45, 7) is 3.52. The summed E-state index contributed by atoms with van der Waals surface area (Å²) in [7, 11) is 0. The predicted octanol–water partition coefficient (Wildman–Crippen LogP) is 4.29. The van der Waals surface area contributed by atoms with Crippen molar-refractivity contribution >= 4 is 27.7 Å². The van der Waals surface area contributed by atoms with E-state index in [9.17, 15) is 18.4 Å². The van der Waals surface area contributed by atoms with E-state index in [-0.39, 0.29) is 18.3 Å². The van der Waals surface area contributed by atoms with E-state index in [0.29, 0.717) is 22.4 Å². The van der Waals surface area contributed by atoms with Crippen molar-refractivity contribution < 1.29 is 22.8 Å². The van der Waals surface area contributed by atoms with Crippen LogP contribution < -0.4 is 0 Å². The lowest BCUT2D eigenvalue weighted by atomic mass is 9.77. The van der Waals surface area contributed by atoms with Crippen LogP contribution in [0.5, 0.6) is 0 Å².